The van der Waals surface area contributed by atoms with Crippen molar-refractivity contribution in [2.75, 3.05) is 5.32 Å². The Labute approximate surface area is 88.9 Å². The van der Waals surface area contributed by atoms with E-state index in [9.17, 15) is 4.79 Å². The molecule has 2 unspecified atom stereocenters. The largest absolute Gasteiger partial charge is 0.328 e. The van der Waals surface area contributed by atoms with Crippen LogP contribution in [-0.2, 0) is 4.79 Å². The Morgan fingerprint density at radius 3 is 2.73 bits per heavy atom. The number of pyridine rings is 1. The summed E-state index contributed by atoms with van der Waals surface area (Å²) in [7, 11) is 0. The van der Waals surface area contributed by atoms with Crippen LogP contribution in [0.2, 0.25) is 0 Å². The lowest BCUT2D eigenvalue weighted by Crippen LogP contribution is -2.23. The molecule has 1 amide bonds. The van der Waals surface area contributed by atoms with Crippen LogP contribution in [0.15, 0.2) is 24.5 Å². The molecule has 1 aromatic rings. The van der Waals surface area contributed by atoms with E-state index in [1.807, 2.05) is 0 Å². The van der Waals surface area contributed by atoms with Crippen LogP contribution in [0, 0.1) is 5.92 Å². The maximum atomic E-state index is 11.8. The van der Waals surface area contributed by atoms with Crippen molar-refractivity contribution in [3.8, 4) is 0 Å². The van der Waals surface area contributed by atoms with Gasteiger partial charge in [-0.2, -0.15) is 0 Å². The molecule has 1 aliphatic carbocycles. The molecule has 80 valence electrons. The highest BCUT2D eigenvalue weighted by Gasteiger charge is 2.27. The van der Waals surface area contributed by atoms with Gasteiger partial charge in [-0.25, -0.2) is 0 Å². The molecule has 3 N–H and O–H groups in total. The molecule has 0 spiro atoms. The quantitative estimate of drug-likeness (QED) is 0.761. The first-order valence-corrected chi connectivity index (χ1v) is 5.22. The van der Waals surface area contributed by atoms with Gasteiger partial charge in [0.15, 0.2) is 0 Å². The summed E-state index contributed by atoms with van der Waals surface area (Å²) in [6.45, 7) is 0. The lowest BCUT2D eigenvalue weighted by Gasteiger charge is -2.10. The van der Waals surface area contributed by atoms with Crippen molar-refractivity contribution in [1.82, 2.24) is 4.98 Å². The first kappa shape index (κ1) is 10.1. The molecule has 1 aromatic heterocycles. The summed E-state index contributed by atoms with van der Waals surface area (Å²) in [6, 6.07) is 3.76. The van der Waals surface area contributed by atoms with E-state index < -0.39 is 0 Å². The Hall–Kier alpha value is -1.42. The van der Waals surface area contributed by atoms with Crippen LogP contribution < -0.4 is 11.1 Å². The van der Waals surface area contributed by atoms with Gasteiger partial charge < -0.3 is 11.1 Å². The van der Waals surface area contributed by atoms with Crippen LogP contribution in [0.5, 0.6) is 0 Å². The van der Waals surface area contributed by atoms with Crippen molar-refractivity contribution < 1.29 is 4.79 Å². The van der Waals surface area contributed by atoms with Crippen LogP contribution in [0.1, 0.15) is 19.3 Å². The maximum Gasteiger partial charge on any atom is 0.227 e. The van der Waals surface area contributed by atoms with Gasteiger partial charge in [0.2, 0.25) is 5.91 Å². The molecule has 0 aliphatic heterocycles. The number of aromatic nitrogens is 1. The van der Waals surface area contributed by atoms with Crippen molar-refractivity contribution >= 4 is 11.6 Å². The van der Waals surface area contributed by atoms with E-state index in [4.69, 9.17) is 5.73 Å². The lowest BCUT2D eigenvalue weighted by molar-refractivity contribution is -0.119. The van der Waals surface area contributed by atoms with Crippen molar-refractivity contribution in [2.45, 2.75) is 25.3 Å². The summed E-state index contributed by atoms with van der Waals surface area (Å²) in [5.41, 5.74) is 6.57. The molecule has 0 bridgehead atoms. The SMILES string of the molecule is NC1CCC(C(=O)Nc2ccncc2)C1. The standard InChI is InChI=1S/C11H15N3O/c12-9-2-1-8(7-9)11(15)14-10-3-5-13-6-4-10/h3-6,8-9H,1-2,7,12H2,(H,13,14,15). The molecule has 1 fully saturated rings. The predicted octanol–water partition coefficient (Wildman–Crippen LogP) is 1.15. The van der Waals surface area contributed by atoms with Crippen molar-refractivity contribution in [1.29, 1.82) is 0 Å². The Morgan fingerprint density at radius 2 is 2.13 bits per heavy atom. The number of nitrogens with one attached hydrogen (secondary N) is 1. The van der Waals surface area contributed by atoms with Gasteiger partial charge in [0.25, 0.3) is 0 Å². The van der Waals surface area contributed by atoms with Crippen molar-refractivity contribution in [2.24, 2.45) is 11.7 Å². The average Bonchev–Trinajstić information content (AvgIpc) is 2.66. The minimum absolute atomic E-state index is 0.0770. The smallest absolute Gasteiger partial charge is 0.227 e. The molecular formula is C11H15N3O. The number of nitrogens with zero attached hydrogens (tertiary/aromatic N) is 1. The fraction of sp³-hybridized carbons (Fsp3) is 0.455. The summed E-state index contributed by atoms with van der Waals surface area (Å²) < 4.78 is 0. The second-order valence-electron chi connectivity index (χ2n) is 4.00. The molecule has 1 heterocycles. The monoisotopic (exact) mass is 205 g/mol. The first-order valence-electron chi connectivity index (χ1n) is 5.22. The molecule has 15 heavy (non-hydrogen) atoms. The Morgan fingerprint density at radius 1 is 1.40 bits per heavy atom. The van der Waals surface area contributed by atoms with Crippen LogP contribution >= 0.6 is 0 Å². The Balaban J connectivity index is 1.93. The van der Waals surface area contributed by atoms with Crippen LogP contribution in [0.4, 0.5) is 5.69 Å². The normalized spacial score (nSPS) is 25.1. The molecule has 2 rings (SSSR count). The highest BCUT2D eigenvalue weighted by molar-refractivity contribution is 5.92. The third-order valence-corrected chi connectivity index (χ3v) is 2.79. The second kappa shape index (κ2) is 4.40. The molecule has 4 heteroatoms. The Bertz CT molecular complexity index is 339. The highest BCUT2D eigenvalue weighted by atomic mass is 16.1. The zero-order chi connectivity index (χ0) is 10.7. The number of hydrogen-bond donors (Lipinski definition) is 2. The number of nitrogens with two attached hydrogens (primary N) is 1. The van der Waals surface area contributed by atoms with Gasteiger partial charge in [-0.1, -0.05) is 0 Å². The van der Waals surface area contributed by atoms with E-state index in [-0.39, 0.29) is 17.9 Å². The first-order chi connectivity index (χ1) is 7.25. The van der Waals surface area contributed by atoms with E-state index in [0.29, 0.717) is 0 Å². The fourth-order valence-corrected chi connectivity index (χ4v) is 1.93. The summed E-state index contributed by atoms with van der Waals surface area (Å²) in [6.07, 6.45) is 5.98. The molecule has 0 saturated heterocycles. The van der Waals surface area contributed by atoms with Gasteiger partial charge >= 0.3 is 0 Å². The number of carbonyl (C=O) groups excluding carboxylic acids is 1. The third kappa shape index (κ3) is 2.53. The van der Waals surface area contributed by atoms with Gasteiger partial charge in [0, 0.05) is 30.0 Å². The van der Waals surface area contributed by atoms with E-state index >= 15 is 0 Å². The maximum absolute atomic E-state index is 11.8. The molecule has 0 aromatic carbocycles. The number of amides is 1. The number of hydrogen-bond acceptors (Lipinski definition) is 3. The molecule has 0 radical (unpaired) electrons. The molecular weight excluding hydrogens is 190 g/mol. The summed E-state index contributed by atoms with van der Waals surface area (Å²) >= 11 is 0. The minimum Gasteiger partial charge on any atom is -0.328 e. The summed E-state index contributed by atoms with van der Waals surface area (Å²) in [4.78, 5) is 15.7. The minimum atomic E-state index is 0.0770. The van der Waals surface area contributed by atoms with Crippen molar-refractivity contribution in [3.63, 3.8) is 0 Å². The van der Waals surface area contributed by atoms with Gasteiger partial charge in [0.05, 0.1) is 0 Å². The zero-order valence-electron chi connectivity index (χ0n) is 8.52. The topological polar surface area (TPSA) is 68.0 Å². The van der Waals surface area contributed by atoms with E-state index in [1.54, 1.807) is 24.5 Å². The second-order valence-corrected chi connectivity index (χ2v) is 4.00. The third-order valence-electron chi connectivity index (χ3n) is 2.79. The van der Waals surface area contributed by atoms with Crippen molar-refractivity contribution in [3.05, 3.63) is 24.5 Å². The van der Waals surface area contributed by atoms with E-state index in [0.717, 1.165) is 24.9 Å². The number of rotatable bonds is 2. The predicted molar refractivity (Wildman–Crippen MR) is 58.2 cm³/mol. The van der Waals surface area contributed by atoms with Gasteiger partial charge in [-0.05, 0) is 31.4 Å². The van der Waals surface area contributed by atoms with E-state index in [2.05, 4.69) is 10.3 Å². The molecule has 1 aliphatic rings. The lowest BCUT2D eigenvalue weighted by atomic mass is 10.1. The molecule has 4 nitrogen and oxygen atoms in total. The Kier molecular flexibility index (Phi) is 2.97. The number of carbonyl (C=O) groups is 1. The average molecular weight is 205 g/mol. The van der Waals surface area contributed by atoms with Crippen LogP contribution in [-0.4, -0.2) is 16.9 Å². The fourth-order valence-electron chi connectivity index (χ4n) is 1.93. The molecule has 1 saturated carbocycles. The summed E-state index contributed by atoms with van der Waals surface area (Å²) in [5.74, 6) is 0.155. The highest BCUT2D eigenvalue weighted by Crippen LogP contribution is 2.25. The van der Waals surface area contributed by atoms with Crippen LogP contribution in [0.25, 0.3) is 0 Å². The van der Waals surface area contributed by atoms with Gasteiger partial charge in [-0.3, -0.25) is 9.78 Å². The van der Waals surface area contributed by atoms with Crippen LogP contribution in [0.3, 0.4) is 0 Å². The number of anilines is 1. The van der Waals surface area contributed by atoms with Gasteiger partial charge in [0.1, 0.15) is 0 Å². The summed E-state index contributed by atoms with van der Waals surface area (Å²) in [5, 5.41) is 2.87. The molecule has 2 atom stereocenters. The van der Waals surface area contributed by atoms with Gasteiger partial charge in [-0.15, -0.1) is 0 Å². The zero-order valence-corrected chi connectivity index (χ0v) is 8.52. The van der Waals surface area contributed by atoms with E-state index in [1.165, 1.54) is 0 Å².